The zero-order valence-electron chi connectivity index (χ0n) is 11.2. The van der Waals surface area contributed by atoms with Crippen LogP contribution in [0.5, 0.6) is 0 Å². The number of carbonyl (C=O) groups excluding carboxylic acids is 1. The highest BCUT2D eigenvalue weighted by Gasteiger charge is 2.44. The predicted octanol–water partition coefficient (Wildman–Crippen LogP) is 3.56. The number of nitrogens with zero attached hydrogens (tertiary/aromatic N) is 2. The van der Waals surface area contributed by atoms with Gasteiger partial charge in [0.25, 0.3) is 0 Å². The Kier molecular flexibility index (Phi) is 3.61. The first-order valence-corrected chi connectivity index (χ1v) is 7.96. The van der Waals surface area contributed by atoms with Crippen molar-refractivity contribution in [2.75, 3.05) is 11.4 Å². The van der Waals surface area contributed by atoms with Crippen molar-refractivity contribution in [3.05, 3.63) is 22.4 Å². The summed E-state index contributed by atoms with van der Waals surface area (Å²) in [6, 6.07) is 3.96. The summed E-state index contributed by atoms with van der Waals surface area (Å²) >= 11 is 3.40. The van der Waals surface area contributed by atoms with Crippen molar-refractivity contribution < 1.29 is 4.79 Å². The molecular weight excluding hydrogens is 304 g/mol. The van der Waals surface area contributed by atoms with Gasteiger partial charge in [-0.1, -0.05) is 13.3 Å². The second-order valence-corrected chi connectivity index (χ2v) is 6.40. The lowest BCUT2D eigenvalue weighted by Gasteiger charge is -2.29. The summed E-state index contributed by atoms with van der Waals surface area (Å²) in [6.07, 6.45) is 5.45. The lowest BCUT2D eigenvalue weighted by molar-refractivity contribution is -0.120. The van der Waals surface area contributed by atoms with E-state index in [0.29, 0.717) is 11.8 Å². The molecule has 1 saturated carbocycles. The maximum absolute atomic E-state index is 12.6. The summed E-state index contributed by atoms with van der Waals surface area (Å²) in [4.78, 5) is 19.1. The molecular formula is C15H19BrN2O. The minimum Gasteiger partial charge on any atom is -0.310 e. The van der Waals surface area contributed by atoms with E-state index in [1.807, 2.05) is 17.0 Å². The number of anilines is 1. The Bertz CT molecular complexity index is 503. The van der Waals surface area contributed by atoms with Gasteiger partial charge in [0, 0.05) is 12.5 Å². The van der Waals surface area contributed by atoms with E-state index in [4.69, 9.17) is 0 Å². The Labute approximate surface area is 122 Å². The van der Waals surface area contributed by atoms with Crippen LogP contribution in [0.2, 0.25) is 0 Å². The molecule has 2 aliphatic rings. The van der Waals surface area contributed by atoms with Crippen molar-refractivity contribution in [2.24, 2.45) is 11.8 Å². The van der Waals surface area contributed by atoms with Crippen LogP contribution in [-0.2, 0) is 11.2 Å². The summed E-state index contributed by atoms with van der Waals surface area (Å²) in [6.45, 7) is 3.04. The molecule has 0 spiro atoms. The van der Waals surface area contributed by atoms with Crippen LogP contribution < -0.4 is 4.90 Å². The number of hydrogen-bond donors (Lipinski definition) is 0. The van der Waals surface area contributed by atoms with E-state index in [9.17, 15) is 4.79 Å². The lowest BCUT2D eigenvalue weighted by Crippen LogP contribution is -2.37. The zero-order valence-corrected chi connectivity index (χ0v) is 12.8. The lowest BCUT2D eigenvalue weighted by atomic mass is 10.1. The van der Waals surface area contributed by atoms with Gasteiger partial charge in [-0.15, -0.1) is 0 Å². The average Bonchev–Trinajstić information content (AvgIpc) is 3.16. The Hall–Kier alpha value is -0.900. The predicted molar refractivity (Wildman–Crippen MR) is 79.1 cm³/mol. The molecule has 19 heavy (non-hydrogen) atoms. The molecule has 3 rings (SSSR count). The van der Waals surface area contributed by atoms with Gasteiger partial charge in [-0.25, -0.2) is 4.98 Å². The number of rotatable bonds is 3. The second-order valence-electron chi connectivity index (χ2n) is 5.58. The summed E-state index contributed by atoms with van der Waals surface area (Å²) in [5.41, 5.74) is 2.09. The highest BCUT2D eigenvalue weighted by atomic mass is 79.9. The molecule has 0 bridgehead atoms. The third kappa shape index (κ3) is 2.55. The molecule has 1 aliphatic carbocycles. The number of amides is 1. The third-order valence-corrected chi connectivity index (χ3v) is 4.61. The molecule has 2 atom stereocenters. The Morgan fingerprint density at radius 1 is 1.53 bits per heavy atom. The summed E-state index contributed by atoms with van der Waals surface area (Å²) in [5, 5.41) is 0. The van der Waals surface area contributed by atoms with E-state index in [1.54, 1.807) is 0 Å². The van der Waals surface area contributed by atoms with Gasteiger partial charge >= 0.3 is 0 Å². The number of hydrogen-bond acceptors (Lipinski definition) is 2. The van der Waals surface area contributed by atoms with Crippen LogP contribution in [0.1, 0.15) is 38.3 Å². The molecule has 4 heteroatoms. The maximum atomic E-state index is 12.6. The van der Waals surface area contributed by atoms with Crippen molar-refractivity contribution in [2.45, 2.75) is 39.0 Å². The monoisotopic (exact) mass is 322 g/mol. The number of fused-ring (bicyclic) bond motifs is 1. The maximum Gasteiger partial charge on any atom is 0.230 e. The van der Waals surface area contributed by atoms with E-state index >= 15 is 0 Å². The van der Waals surface area contributed by atoms with Gasteiger partial charge in [-0.2, -0.15) is 0 Å². The molecule has 1 aromatic rings. The molecule has 2 heterocycles. The van der Waals surface area contributed by atoms with Gasteiger partial charge in [0.05, 0.1) is 11.4 Å². The first-order valence-electron chi connectivity index (χ1n) is 7.17. The van der Waals surface area contributed by atoms with Crippen LogP contribution in [-0.4, -0.2) is 17.4 Å². The van der Waals surface area contributed by atoms with Crippen LogP contribution >= 0.6 is 15.9 Å². The van der Waals surface area contributed by atoms with Crippen LogP contribution in [0.3, 0.4) is 0 Å². The van der Waals surface area contributed by atoms with Gasteiger partial charge in [-0.05, 0) is 59.7 Å². The van der Waals surface area contributed by atoms with Gasteiger partial charge in [0.2, 0.25) is 5.91 Å². The van der Waals surface area contributed by atoms with Crippen molar-refractivity contribution in [3.63, 3.8) is 0 Å². The highest BCUT2D eigenvalue weighted by molar-refractivity contribution is 9.10. The van der Waals surface area contributed by atoms with E-state index in [1.165, 1.54) is 12.8 Å². The molecule has 0 radical (unpaired) electrons. The molecule has 0 N–H and O–H groups in total. The van der Waals surface area contributed by atoms with Gasteiger partial charge in [0.15, 0.2) is 0 Å². The van der Waals surface area contributed by atoms with E-state index in [-0.39, 0.29) is 5.92 Å². The zero-order chi connectivity index (χ0) is 13.4. The third-order valence-electron chi connectivity index (χ3n) is 4.17. The molecule has 0 saturated heterocycles. The van der Waals surface area contributed by atoms with Crippen molar-refractivity contribution in [3.8, 4) is 0 Å². The molecule has 1 aliphatic heterocycles. The number of aromatic nitrogens is 1. The van der Waals surface area contributed by atoms with Gasteiger partial charge in [-0.3, -0.25) is 4.79 Å². The fourth-order valence-electron chi connectivity index (χ4n) is 3.09. The van der Waals surface area contributed by atoms with Crippen LogP contribution in [0, 0.1) is 11.8 Å². The smallest absolute Gasteiger partial charge is 0.230 e. The molecule has 1 amide bonds. The fourth-order valence-corrected chi connectivity index (χ4v) is 3.44. The largest absolute Gasteiger partial charge is 0.310 e. The minimum atomic E-state index is 0.273. The number of carbonyl (C=O) groups is 1. The fraction of sp³-hybridized carbons (Fsp3) is 0.600. The molecule has 0 unspecified atom stereocenters. The van der Waals surface area contributed by atoms with Crippen molar-refractivity contribution >= 4 is 27.5 Å². The van der Waals surface area contributed by atoms with E-state index in [0.717, 1.165) is 41.8 Å². The Morgan fingerprint density at radius 3 is 3.16 bits per heavy atom. The van der Waals surface area contributed by atoms with Crippen LogP contribution in [0.4, 0.5) is 5.69 Å². The number of aryl methyl sites for hydroxylation is 1. The molecule has 1 aromatic heterocycles. The normalized spacial score (nSPS) is 25.1. The standard InChI is InChI=1S/C15H19BrN2O/c1-2-4-10-9-11(10)15(19)18-8-3-5-12-13(18)6-7-14(16)17-12/h6-7,10-11H,2-5,8-9H2,1H3/t10-,11-/m1/s1. The SMILES string of the molecule is CCC[C@@H]1C[C@H]1C(=O)N1CCCc2nc(Br)ccc21. The number of pyridine rings is 1. The molecule has 3 nitrogen and oxygen atoms in total. The summed E-state index contributed by atoms with van der Waals surface area (Å²) in [5.74, 6) is 1.23. The van der Waals surface area contributed by atoms with Crippen molar-refractivity contribution in [1.29, 1.82) is 0 Å². The van der Waals surface area contributed by atoms with Gasteiger partial charge in [0.1, 0.15) is 4.60 Å². The quantitative estimate of drug-likeness (QED) is 0.797. The van der Waals surface area contributed by atoms with E-state index in [2.05, 4.69) is 27.8 Å². The second kappa shape index (κ2) is 5.23. The highest BCUT2D eigenvalue weighted by Crippen LogP contribution is 2.44. The topological polar surface area (TPSA) is 33.2 Å². The molecule has 0 aromatic carbocycles. The van der Waals surface area contributed by atoms with E-state index < -0.39 is 0 Å². The Balaban J connectivity index is 1.78. The van der Waals surface area contributed by atoms with Crippen LogP contribution in [0.15, 0.2) is 16.7 Å². The minimum absolute atomic E-state index is 0.273. The summed E-state index contributed by atoms with van der Waals surface area (Å²) < 4.78 is 0.857. The van der Waals surface area contributed by atoms with Gasteiger partial charge < -0.3 is 4.90 Å². The molecule has 102 valence electrons. The van der Waals surface area contributed by atoms with Crippen molar-refractivity contribution in [1.82, 2.24) is 4.98 Å². The first-order chi connectivity index (χ1) is 9.20. The number of halogens is 1. The average molecular weight is 323 g/mol. The first kappa shape index (κ1) is 13.1. The molecule has 1 fully saturated rings. The summed E-state index contributed by atoms with van der Waals surface area (Å²) in [7, 11) is 0. The Morgan fingerprint density at radius 2 is 2.37 bits per heavy atom. The van der Waals surface area contributed by atoms with Crippen LogP contribution in [0.25, 0.3) is 0 Å².